The first-order valence-electron chi connectivity index (χ1n) is 5.15. The van der Waals surface area contributed by atoms with Gasteiger partial charge in [-0.25, -0.2) is 0 Å². The molecule has 0 radical (unpaired) electrons. The van der Waals surface area contributed by atoms with Crippen LogP contribution in [0.5, 0.6) is 5.75 Å². The molecular weight excluding hydrogens is 257 g/mol. The lowest BCUT2D eigenvalue weighted by Crippen LogP contribution is -2.15. The summed E-state index contributed by atoms with van der Waals surface area (Å²) in [6.45, 7) is -2.94. The minimum Gasteiger partial charge on any atom is -0.435 e. The van der Waals surface area contributed by atoms with E-state index in [4.69, 9.17) is 5.73 Å². The molecule has 7 heteroatoms. The number of hydrogen-bond acceptors (Lipinski definition) is 2. The van der Waals surface area contributed by atoms with Crippen molar-refractivity contribution in [2.24, 2.45) is 5.73 Å². The Balaban J connectivity index is 2.56. The van der Waals surface area contributed by atoms with Crippen molar-refractivity contribution in [2.45, 2.75) is 31.7 Å². The van der Waals surface area contributed by atoms with Gasteiger partial charge in [0.2, 0.25) is 0 Å². The first-order valence-corrected chi connectivity index (χ1v) is 5.15. The fourth-order valence-electron chi connectivity index (χ4n) is 1.38. The van der Waals surface area contributed by atoms with E-state index in [-0.39, 0.29) is 12.2 Å². The summed E-state index contributed by atoms with van der Waals surface area (Å²) in [5.74, 6) is -0.0585. The molecule has 1 aromatic rings. The molecule has 0 aliphatic rings. The van der Waals surface area contributed by atoms with Crippen LogP contribution in [-0.4, -0.2) is 12.8 Å². The lowest BCUT2D eigenvalue weighted by molar-refractivity contribution is -0.136. The van der Waals surface area contributed by atoms with E-state index < -0.39 is 25.3 Å². The van der Waals surface area contributed by atoms with Gasteiger partial charge in [-0.3, -0.25) is 0 Å². The summed E-state index contributed by atoms with van der Waals surface area (Å²) in [7, 11) is 0. The van der Waals surface area contributed by atoms with Gasteiger partial charge in [0, 0.05) is 12.5 Å². The number of halogens is 5. The van der Waals surface area contributed by atoms with Gasteiger partial charge in [-0.05, 0) is 24.1 Å². The number of rotatable bonds is 5. The van der Waals surface area contributed by atoms with Gasteiger partial charge >= 0.3 is 12.8 Å². The van der Waals surface area contributed by atoms with E-state index in [1.165, 1.54) is 24.3 Å². The molecule has 0 aliphatic carbocycles. The molecule has 0 aromatic heterocycles. The van der Waals surface area contributed by atoms with Gasteiger partial charge < -0.3 is 10.5 Å². The maximum Gasteiger partial charge on any atom is 0.389 e. The summed E-state index contributed by atoms with van der Waals surface area (Å²) >= 11 is 0. The minimum atomic E-state index is -4.25. The Hall–Kier alpha value is -1.37. The van der Waals surface area contributed by atoms with Crippen molar-refractivity contribution in [1.82, 2.24) is 0 Å². The molecule has 0 fully saturated rings. The van der Waals surface area contributed by atoms with Gasteiger partial charge in [-0.1, -0.05) is 12.1 Å². The molecule has 2 N–H and O–H groups in total. The summed E-state index contributed by atoms with van der Waals surface area (Å²) in [6.07, 6.45) is -5.49. The quantitative estimate of drug-likeness (QED) is 0.828. The van der Waals surface area contributed by atoms with Gasteiger partial charge in [-0.15, -0.1) is 0 Å². The van der Waals surface area contributed by atoms with Crippen LogP contribution < -0.4 is 10.5 Å². The van der Waals surface area contributed by atoms with E-state index >= 15 is 0 Å². The van der Waals surface area contributed by atoms with Crippen molar-refractivity contribution in [3.8, 4) is 5.75 Å². The standard InChI is InChI=1S/C11H12F5NO/c12-10(13)18-8-3-1-7(2-4-8)9(17)5-6-11(14,15)16/h1-4,9-10H,5-6,17H2/t9-/m0/s1. The Morgan fingerprint density at radius 2 is 1.67 bits per heavy atom. The summed E-state index contributed by atoms with van der Waals surface area (Å²) in [5, 5.41) is 0. The largest absolute Gasteiger partial charge is 0.435 e. The average molecular weight is 269 g/mol. The van der Waals surface area contributed by atoms with E-state index in [0.717, 1.165) is 0 Å². The monoisotopic (exact) mass is 269 g/mol. The third-order valence-corrected chi connectivity index (χ3v) is 2.27. The third kappa shape index (κ3) is 5.31. The predicted octanol–water partition coefficient (Wildman–Crippen LogP) is 3.63. The van der Waals surface area contributed by atoms with Gasteiger partial charge in [-0.2, -0.15) is 22.0 Å². The van der Waals surface area contributed by atoms with Crippen LogP contribution in [0.2, 0.25) is 0 Å². The molecule has 0 saturated carbocycles. The molecule has 0 aliphatic heterocycles. The molecule has 0 heterocycles. The highest BCUT2D eigenvalue weighted by Gasteiger charge is 2.27. The molecule has 18 heavy (non-hydrogen) atoms. The first-order chi connectivity index (χ1) is 8.28. The first kappa shape index (κ1) is 14.7. The maximum absolute atomic E-state index is 12.0. The zero-order valence-electron chi connectivity index (χ0n) is 9.25. The molecule has 1 aromatic carbocycles. The number of nitrogens with two attached hydrogens (primary N) is 1. The molecule has 0 amide bonds. The van der Waals surface area contributed by atoms with Crippen LogP contribution in [0.4, 0.5) is 22.0 Å². The molecule has 0 saturated heterocycles. The highest BCUT2D eigenvalue weighted by molar-refractivity contribution is 5.29. The smallest absolute Gasteiger partial charge is 0.389 e. The van der Waals surface area contributed by atoms with Crippen molar-refractivity contribution in [1.29, 1.82) is 0 Å². The summed E-state index contributed by atoms with van der Waals surface area (Å²) < 4.78 is 63.8. The van der Waals surface area contributed by atoms with Crippen molar-refractivity contribution >= 4 is 0 Å². The lowest BCUT2D eigenvalue weighted by Gasteiger charge is -2.14. The molecular formula is C11H12F5NO. The molecule has 102 valence electrons. The van der Waals surface area contributed by atoms with Crippen LogP contribution in [0.3, 0.4) is 0 Å². The van der Waals surface area contributed by atoms with Crippen molar-refractivity contribution in [3.05, 3.63) is 29.8 Å². The summed E-state index contributed by atoms with van der Waals surface area (Å²) in [5.41, 5.74) is 6.01. The minimum absolute atomic E-state index is 0.0585. The average Bonchev–Trinajstić information content (AvgIpc) is 2.25. The predicted molar refractivity (Wildman–Crippen MR) is 55.3 cm³/mol. The molecule has 0 unspecified atom stereocenters. The molecule has 2 nitrogen and oxygen atoms in total. The zero-order valence-corrected chi connectivity index (χ0v) is 9.25. The SMILES string of the molecule is N[C@@H](CCC(F)(F)F)c1ccc(OC(F)F)cc1. The molecule has 0 bridgehead atoms. The second-order valence-electron chi connectivity index (χ2n) is 3.71. The summed E-state index contributed by atoms with van der Waals surface area (Å²) in [4.78, 5) is 0. The highest BCUT2D eigenvalue weighted by Crippen LogP contribution is 2.27. The van der Waals surface area contributed by atoms with E-state index in [1.807, 2.05) is 0 Å². The van der Waals surface area contributed by atoms with E-state index in [2.05, 4.69) is 4.74 Å². The number of benzene rings is 1. The third-order valence-electron chi connectivity index (χ3n) is 2.27. The second-order valence-corrected chi connectivity index (χ2v) is 3.71. The van der Waals surface area contributed by atoms with E-state index in [0.29, 0.717) is 5.56 Å². The van der Waals surface area contributed by atoms with E-state index in [9.17, 15) is 22.0 Å². The topological polar surface area (TPSA) is 35.2 Å². The van der Waals surface area contributed by atoms with Crippen LogP contribution in [0.25, 0.3) is 0 Å². The Morgan fingerprint density at radius 1 is 1.11 bits per heavy atom. The number of ether oxygens (including phenoxy) is 1. The van der Waals surface area contributed by atoms with Crippen LogP contribution in [0.15, 0.2) is 24.3 Å². The number of hydrogen-bond donors (Lipinski definition) is 1. The molecule has 0 spiro atoms. The van der Waals surface area contributed by atoms with Crippen LogP contribution in [0, 0.1) is 0 Å². The Bertz CT molecular complexity index is 363. The number of alkyl halides is 5. The Kier molecular flexibility index (Phi) is 4.89. The molecule has 1 rings (SSSR count). The highest BCUT2D eigenvalue weighted by atomic mass is 19.4. The van der Waals surface area contributed by atoms with Crippen molar-refractivity contribution in [3.63, 3.8) is 0 Å². The van der Waals surface area contributed by atoms with Gasteiger partial charge in [0.15, 0.2) is 0 Å². The lowest BCUT2D eigenvalue weighted by atomic mass is 10.0. The summed E-state index contributed by atoms with van der Waals surface area (Å²) in [6, 6.07) is 4.45. The van der Waals surface area contributed by atoms with Gasteiger partial charge in [0.05, 0.1) is 0 Å². The van der Waals surface area contributed by atoms with Gasteiger partial charge in [0.25, 0.3) is 0 Å². The molecule has 1 atom stereocenters. The second kappa shape index (κ2) is 5.99. The zero-order chi connectivity index (χ0) is 13.8. The fourth-order valence-corrected chi connectivity index (χ4v) is 1.38. The normalized spacial score (nSPS) is 13.7. The van der Waals surface area contributed by atoms with Crippen LogP contribution in [0.1, 0.15) is 24.4 Å². The van der Waals surface area contributed by atoms with Gasteiger partial charge in [0.1, 0.15) is 5.75 Å². The van der Waals surface area contributed by atoms with E-state index in [1.54, 1.807) is 0 Å². The van der Waals surface area contributed by atoms with Crippen LogP contribution >= 0.6 is 0 Å². The Morgan fingerprint density at radius 3 is 2.11 bits per heavy atom. The van der Waals surface area contributed by atoms with Crippen LogP contribution in [-0.2, 0) is 0 Å². The van der Waals surface area contributed by atoms with Crippen molar-refractivity contribution in [2.75, 3.05) is 0 Å². The van der Waals surface area contributed by atoms with Crippen molar-refractivity contribution < 1.29 is 26.7 Å². The fraction of sp³-hybridized carbons (Fsp3) is 0.455. The maximum atomic E-state index is 12.0. The Labute approximate surface area is 101 Å².